The molecule has 2 heterocycles. The molecule has 132 valence electrons. The molecule has 1 atom stereocenters. The lowest BCUT2D eigenvalue weighted by Crippen LogP contribution is -2.49. The number of aromatic amines is 1. The van der Waals surface area contributed by atoms with Gasteiger partial charge in [0, 0.05) is 30.9 Å². The van der Waals surface area contributed by atoms with Gasteiger partial charge < -0.3 is 14.8 Å². The van der Waals surface area contributed by atoms with Crippen LogP contribution >= 0.6 is 0 Å². The topological polar surface area (TPSA) is 56.4 Å². The number of aromatic nitrogens is 1. The summed E-state index contributed by atoms with van der Waals surface area (Å²) in [5.41, 5.74) is 3.82. The van der Waals surface area contributed by atoms with E-state index in [-0.39, 0.29) is 17.7 Å². The van der Waals surface area contributed by atoms with E-state index in [4.69, 9.17) is 0 Å². The minimum atomic E-state index is -0.0324. The molecule has 0 unspecified atom stereocenters. The molecule has 1 aliphatic heterocycles. The lowest BCUT2D eigenvalue weighted by atomic mass is 10.0. The lowest BCUT2D eigenvalue weighted by molar-refractivity contribution is 0.0492. The molecule has 2 aromatic rings. The van der Waals surface area contributed by atoms with Gasteiger partial charge in [-0.1, -0.05) is 30.3 Å². The summed E-state index contributed by atoms with van der Waals surface area (Å²) in [6, 6.07) is 10.1. The Morgan fingerprint density at radius 2 is 1.80 bits per heavy atom. The van der Waals surface area contributed by atoms with E-state index in [1.807, 2.05) is 36.9 Å². The molecular formula is C20H25N3O2. The highest BCUT2D eigenvalue weighted by molar-refractivity contribution is 6.02. The van der Waals surface area contributed by atoms with Crippen LogP contribution in [-0.4, -0.2) is 53.2 Å². The van der Waals surface area contributed by atoms with Gasteiger partial charge in [-0.05, 0) is 38.9 Å². The average Bonchev–Trinajstić information content (AvgIpc) is 2.89. The second-order valence-electron chi connectivity index (χ2n) is 6.87. The summed E-state index contributed by atoms with van der Waals surface area (Å²) in [5, 5.41) is 0. The van der Waals surface area contributed by atoms with Crippen LogP contribution in [-0.2, 0) is 0 Å². The number of carbonyl (C=O) groups is 2. The Kier molecular flexibility index (Phi) is 4.77. The molecule has 5 heteroatoms. The zero-order valence-electron chi connectivity index (χ0n) is 15.3. The van der Waals surface area contributed by atoms with Gasteiger partial charge in [-0.3, -0.25) is 9.59 Å². The first-order valence-electron chi connectivity index (χ1n) is 8.64. The number of amides is 1. The van der Waals surface area contributed by atoms with Gasteiger partial charge in [-0.25, -0.2) is 0 Å². The maximum atomic E-state index is 13.3. The summed E-state index contributed by atoms with van der Waals surface area (Å²) in [7, 11) is 2.08. The molecule has 1 fully saturated rings. The van der Waals surface area contributed by atoms with Gasteiger partial charge in [0.1, 0.15) is 5.69 Å². The van der Waals surface area contributed by atoms with E-state index in [2.05, 4.69) is 29.1 Å². The summed E-state index contributed by atoms with van der Waals surface area (Å²) in [6.45, 7) is 7.55. The van der Waals surface area contributed by atoms with Gasteiger partial charge in [0.25, 0.3) is 5.91 Å². The molecule has 1 aromatic carbocycles. The van der Waals surface area contributed by atoms with E-state index in [1.54, 1.807) is 6.92 Å². The number of ketones is 1. The third-order valence-electron chi connectivity index (χ3n) is 5.03. The van der Waals surface area contributed by atoms with Crippen LogP contribution in [0.4, 0.5) is 0 Å². The number of Topliss-reactive ketones (excluding diaryl/α,β-unsaturated/α-hetero) is 1. The van der Waals surface area contributed by atoms with Crippen molar-refractivity contribution in [3.63, 3.8) is 0 Å². The van der Waals surface area contributed by atoms with Gasteiger partial charge in [0.15, 0.2) is 5.78 Å². The highest BCUT2D eigenvalue weighted by Crippen LogP contribution is 2.28. The largest absolute Gasteiger partial charge is 0.354 e. The van der Waals surface area contributed by atoms with Crippen LogP contribution in [0.2, 0.25) is 0 Å². The predicted octanol–water partition coefficient (Wildman–Crippen LogP) is 2.96. The fourth-order valence-electron chi connectivity index (χ4n) is 3.76. The third kappa shape index (κ3) is 3.24. The molecule has 1 aliphatic rings. The predicted molar refractivity (Wildman–Crippen MR) is 98.0 cm³/mol. The van der Waals surface area contributed by atoms with Gasteiger partial charge in [0.05, 0.1) is 6.04 Å². The zero-order chi connectivity index (χ0) is 18.1. The lowest BCUT2D eigenvalue weighted by Gasteiger charge is -2.40. The van der Waals surface area contributed by atoms with Crippen molar-refractivity contribution in [1.29, 1.82) is 0 Å². The van der Waals surface area contributed by atoms with Crippen molar-refractivity contribution in [3.8, 4) is 0 Å². The third-order valence-corrected chi connectivity index (χ3v) is 5.03. The number of hydrogen-bond donors (Lipinski definition) is 1. The molecule has 0 saturated carbocycles. The average molecular weight is 339 g/mol. The van der Waals surface area contributed by atoms with Crippen LogP contribution in [0.5, 0.6) is 0 Å². The smallest absolute Gasteiger partial charge is 0.271 e. The Morgan fingerprint density at radius 3 is 2.40 bits per heavy atom. The van der Waals surface area contributed by atoms with Crippen LogP contribution < -0.4 is 0 Å². The molecule has 3 rings (SSSR count). The normalized spacial score (nSPS) is 18.4. The minimum absolute atomic E-state index is 0.0104. The highest BCUT2D eigenvalue weighted by atomic mass is 16.2. The van der Waals surface area contributed by atoms with E-state index < -0.39 is 0 Å². The number of aryl methyl sites for hydroxylation is 1. The summed E-state index contributed by atoms with van der Waals surface area (Å²) in [4.78, 5) is 32.5. The summed E-state index contributed by atoms with van der Waals surface area (Å²) in [6.07, 6.45) is 0. The molecule has 1 saturated heterocycles. The van der Waals surface area contributed by atoms with Crippen molar-refractivity contribution >= 4 is 11.7 Å². The Hall–Kier alpha value is -2.40. The molecule has 0 radical (unpaired) electrons. The Bertz CT molecular complexity index is 795. The molecule has 1 aromatic heterocycles. The second kappa shape index (κ2) is 6.84. The molecular weight excluding hydrogens is 314 g/mol. The fourth-order valence-corrected chi connectivity index (χ4v) is 3.76. The van der Waals surface area contributed by atoms with E-state index >= 15 is 0 Å². The standard InChI is InChI=1S/C20H25N3O2/c1-13-18(15(3)24)14(2)21-19(13)20(25)23-11-10-22(4)12-17(23)16-8-6-5-7-9-16/h5-9,17,21H,10-12H2,1-4H3/t17-/m0/s1. The number of nitrogens with one attached hydrogen (secondary N) is 1. The summed E-state index contributed by atoms with van der Waals surface area (Å²) >= 11 is 0. The first kappa shape index (κ1) is 17.4. The molecule has 25 heavy (non-hydrogen) atoms. The number of piperazine rings is 1. The van der Waals surface area contributed by atoms with E-state index in [0.717, 1.165) is 29.9 Å². The molecule has 1 N–H and O–H groups in total. The van der Waals surface area contributed by atoms with E-state index in [9.17, 15) is 9.59 Å². The van der Waals surface area contributed by atoms with E-state index in [0.29, 0.717) is 17.8 Å². The van der Waals surface area contributed by atoms with Crippen molar-refractivity contribution in [2.75, 3.05) is 26.7 Å². The van der Waals surface area contributed by atoms with Crippen LogP contribution in [0, 0.1) is 13.8 Å². The molecule has 1 amide bonds. The molecule has 0 bridgehead atoms. The molecule has 5 nitrogen and oxygen atoms in total. The molecule has 0 spiro atoms. The maximum absolute atomic E-state index is 13.3. The maximum Gasteiger partial charge on any atom is 0.271 e. The van der Waals surface area contributed by atoms with Gasteiger partial charge >= 0.3 is 0 Å². The SMILES string of the molecule is CC(=O)c1c(C)[nH]c(C(=O)N2CCN(C)C[C@H]2c2ccccc2)c1C. The zero-order valence-corrected chi connectivity index (χ0v) is 15.3. The highest BCUT2D eigenvalue weighted by Gasteiger charge is 2.33. The number of nitrogens with zero attached hydrogens (tertiary/aromatic N) is 2. The Morgan fingerprint density at radius 1 is 1.12 bits per heavy atom. The first-order chi connectivity index (χ1) is 11.9. The number of carbonyl (C=O) groups excluding carboxylic acids is 2. The number of rotatable bonds is 3. The van der Waals surface area contributed by atoms with E-state index in [1.165, 1.54) is 0 Å². The Balaban J connectivity index is 1.97. The number of likely N-dealkylation sites (N-methyl/N-ethyl adjacent to an activating group) is 1. The van der Waals surface area contributed by atoms with Crippen LogP contribution in [0.1, 0.15) is 50.6 Å². The van der Waals surface area contributed by atoms with Crippen molar-refractivity contribution in [3.05, 3.63) is 58.4 Å². The Labute approximate surface area is 148 Å². The van der Waals surface area contributed by atoms with Crippen molar-refractivity contribution in [1.82, 2.24) is 14.8 Å². The first-order valence-corrected chi connectivity index (χ1v) is 8.64. The van der Waals surface area contributed by atoms with Crippen molar-refractivity contribution in [2.24, 2.45) is 0 Å². The van der Waals surface area contributed by atoms with Crippen LogP contribution in [0.25, 0.3) is 0 Å². The number of hydrogen-bond acceptors (Lipinski definition) is 3. The second-order valence-corrected chi connectivity index (χ2v) is 6.87. The molecule has 0 aliphatic carbocycles. The quantitative estimate of drug-likeness (QED) is 0.875. The van der Waals surface area contributed by atoms with Gasteiger partial charge in [-0.2, -0.15) is 0 Å². The van der Waals surface area contributed by atoms with Gasteiger partial charge in [-0.15, -0.1) is 0 Å². The minimum Gasteiger partial charge on any atom is -0.354 e. The van der Waals surface area contributed by atoms with Crippen molar-refractivity contribution < 1.29 is 9.59 Å². The van der Waals surface area contributed by atoms with Gasteiger partial charge in [0.2, 0.25) is 0 Å². The van der Waals surface area contributed by atoms with Crippen molar-refractivity contribution in [2.45, 2.75) is 26.8 Å². The number of H-pyrrole nitrogens is 1. The fraction of sp³-hybridized carbons (Fsp3) is 0.400. The number of benzene rings is 1. The van der Waals surface area contributed by atoms with Crippen LogP contribution in [0.3, 0.4) is 0 Å². The monoisotopic (exact) mass is 339 g/mol. The summed E-state index contributed by atoms with van der Waals surface area (Å²) in [5.74, 6) is -0.0432. The van der Waals surface area contributed by atoms with Crippen LogP contribution in [0.15, 0.2) is 30.3 Å². The summed E-state index contributed by atoms with van der Waals surface area (Å²) < 4.78 is 0.